The molecule has 0 unspecified atom stereocenters. The molecule has 0 bridgehead atoms. The molecule has 0 N–H and O–H groups in total. The van der Waals surface area contributed by atoms with E-state index in [0.29, 0.717) is 41.3 Å². The molecule has 3 aromatic rings. The molecule has 0 radical (unpaired) electrons. The fourth-order valence-electron chi connectivity index (χ4n) is 3.77. The molecule has 4 rings (SSSR count). The number of rotatable bonds is 3. The zero-order valence-electron chi connectivity index (χ0n) is 16.2. The van der Waals surface area contributed by atoms with E-state index in [1.165, 1.54) is 11.3 Å². The van der Waals surface area contributed by atoms with Crippen LogP contribution in [0.3, 0.4) is 0 Å². The van der Waals surface area contributed by atoms with Gasteiger partial charge in [0.25, 0.3) is 5.91 Å². The van der Waals surface area contributed by atoms with Crippen molar-refractivity contribution in [2.75, 3.05) is 6.54 Å². The minimum atomic E-state index is -4.54. The average molecular weight is 423 g/mol. The molecule has 0 aromatic carbocycles. The maximum absolute atomic E-state index is 13.5. The van der Waals surface area contributed by atoms with E-state index in [2.05, 4.69) is 15.1 Å². The summed E-state index contributed by atoms with van der Waals surface area (Å²) in [5.41, 5.74) is 0.755. The lowest BCUT2D eigenvalue weighted by atomic mass is 10.1. The summed E-state index contributed by atoms with van der Waals surface area (Å²) in [6, 6.07) is 2.22. The summed E-state index contributed by atoms with van der Waals surface area (Å²) in [5, 5.41) is 5.02. The first-order chi connectivity index (χ1) is 13.7. The molecule has 1 atom stereocenters. The molecule has 1 saturated heterocycles. The Morgan fingerprint density at radius 3 is 2.66 bits per heavy atom. The van der Waals surface area contributed by atoms with Crippen LogP contribution < -0.4 is 0 Å². The Hall–Kier alpha value is -2.49. The number of hydrogen-bond acceptors (Lipinski definition) is 5. The number of carbonyl (C=O) groups is 1. The number of carbonyl (C=O) groups excluding carboxylic acids is 1. The number of amides is 1. The molecular weight excluding hydrogens is 403 g/mol. The highest BCUT2D eigenvalue weighted by atomic mass is 32.1. The lowest BCUT2D eigenvalue weighted by molar-refractivity contribution is -0.142. The van der Waals surface area contributed by atoms with E-state index in [9.17, 15) is 18.0 Å². The SMILES string of the molecule is CCc1cc(C(F)(F)F)n2nc([C@H]3CCCN3C(=O)c3sc(C)nc3C)cc2n1. The van der Waals surface area contributed by atoms with Gasteiger partial charge in [0.2, 0.25) is 0 Å². The number of fused-ring (bicyclic) bond motifs is 1. The quantitative estimate of drug-likeness (QED) is 0.628. The van der Waals surface area contributed by atoms with Crippen LogP contribution in [0.2, 0.25) is 0 Å². The Labute approximate surface area is 169 Å². The van der Waals surface area contributed by atoms with E-state index in [-0.39, 0.29) is 17.6 Å². The standard InChI is InChI=1S/C19H20F3N5OS/c1-4-12-8-15(19(20,21)22)27-16(24-12)9-13(25-27)14-6-5-7-26(14)18(28)17-10(2)23-11(3)29-17/h8-9,14H,4-7H2,1-3H3/t14-/m1/s1. The highest BCUT2D eigenvalue weighted by molar-refractivity contribution is 7.13. The Morgan fingerprint density at radius 2 is 2.03 bits per heavy atom. The summed E-state index contributed by atoms with van der Waals surface area (Å²) in [6.45, 7) is 5.92. The van der Waals surface area contributed by atoms with Crippen molar-refractivity contribution >= 4 is 22.9 Å². The first-order valence-electron chi connectivity index (χ1n) is 9.40. The molecule has 1 aliphatic rings. The molecule has 0 aliphatic carbocycles. The van der Waals surface area contributed by atoms with E-state index >= 15 is 0 Å². The van der Waals surface area contributed by atoms with Crippen LogP contribution in [-0.4, -0.2) is 36.9 Å². The van der Waals surface area contributed by atoms with Crippen LogP contribution in [0.1, 0.15) is 63.3 Å². The van der Waals surface area contributed by atoms with Crippen LogP contribution in [0.25, 0.3) is 5.65 Å². The van der Waals surface area contributed by atoms with Crippen LogP contribution in [-0.2, 0) is 12.6 Å². The van der Waals surface area contributed by atoms with Crippen molar-refractivity contribution in [2.45, 2.75) is 52.3 Å². The summed E-state index contributed by atoms with van der Waals surface area (Å²) >= 11 is 1.33. The Kier molecular flexibility index (Phi) is 4.84. The zero-order valence-corrected chi connectivity index (χ0v) is 17.1. The highest BCUT2D eigenvalue weighted by Gasteiger charge is 2.37. The van der Waals surface area contributed by atoms with Crippen molar-refractivity contribution in [1.82, 2.24) is 24.5 Å². The summed E-state index contributed by atoms with van der Waals surface area (Å²) in [4.78, 5) is 23.9. The van der Waals surface area contributed by atoms with Crippen molar-refractivity contribution in [2.24, 2.45) is 0 Å². The third-order valence-electron chi connectivity index (χ3n) is 5.10. The molecule has 3 aromatic heterocycles. The Morgan fingerprint density at radius 1 is 1.28 bits per heavy atom. The third-order valence-corrected chi connectivity index (χ3v) is 6.17. The van der Waals surface area contributed by atoms with Crippen molar-refractivity contribution in [3.8, 4) is 0 Å². The minimum Gasteiger partial charge on any atom is -0.329 e. The van der Waals surface area contributed by atoms with Gasteiger partial charge in [0.05, 0.1) is 22.4 Å². The Bertz CT molecular complexity index is 1090. The van der Waals surface area contributed by atoms with Crippen LogP contribution in [0.15, 0.2) is 12.1 Å². The van der Waals surface area contributed by atoms with Crippen LogP contribution in [0.5, 0.6) is 0 Å². The Balaban J connectivity index is 1.75. The maximum Gasteiger partial charge on any atom is 0.433 e. The van der Waals surface area contributed by atoms with Gasteiger partial charge in [-0.15, -0.1) is 11.3 Å². The number of likely N-dealkylation sites (tertiary alicyclic amines) is 1. The van der Waals surface area contributed by atoms with Crippen LogP contribution in [0.4, 0.5) is 13.2 Å². The van der Waals surface area contributed by atoms with Gasteiger partial charge in [-0.3, -0.25) is 4.79 Å². The van der Waals surface area contributed by atoms with Gasteiger partial charge in [-0.25, -0.2) is 14.5 Å². The normalized spacial score (nSPS) is 17.4. The third kappa shape index (κ3) is 3.50. The topological polar surface area (TPSA) is 63.4 Å². The summed E-state index contributed by atoms with van der Waals surface area (Å²) < 4.78 is 41.4. The van der Waals surface area contributed by atoms with Crippen LogP contribution in [0, 0.1) is 13.8 Å². The van der Waals surface area contributed by atoms with Gasteiger partial charge in [-0.2, -0.15) is 18.3 Å². The smallest absolute Gasteiger partial charge is 0.329 e. The van der Waals surface area contributed by atoms with Crippen molar-refractivity contribution in [3.63, 3.8) is 0 Å². The second-order valence-electron chi connectivity index (χ2n) is 7.13. The van der Waals surface area contributed by atoms with Gasteiger partial charge in [0.15, 0.2) is 5.65 Å². The van der Waals surface area contributed by atoms with Gasteiger partial charge >= 0.3 is 6.18 Å². The molecule has 1 fully saturated rings. The van der Waals surface area contributed by atoms with E-state index in [4.69, 9.17) is 0 Å². The van der Waals surface area contributed by atoms with E-state index in [1.54, 1.807) is 24.8 Å². The van der Waals surface area contributed by atoms with Gasteiger partial charge in [0.1, 0.15) is 10.6 Å². The van der Waals surface area contributed by atoms with Crippen molar-refractivity contribution in [3.05, 3.63) is 44.8 Å². The molecule has 4 heterocycles. The first-order valence-corrected chi connectivity index (χ1v) is 10.2. The first kappa shape index (κ1) is 19.8. The second-order valence-corrected chi connectivity index (χ2v) is 8.33. The maximum atomic E-state index is 13.5. The average Bonchev–Trinajstić information content (AvgIpc) is 3.36. The number of nitrogens with zero attached hydrogens (tertiary/aromatic N) is 5. The molecule has 29 heavy (non-hydrogen) atoms. The molecule has 6 nitrogen and oxygen atoms in total. The van der Waals surface area contributed by atoms with E-state index < -0.39 is 11.9 Å². The number of aryl methyl sites for hydroxylation is 3. The predicted octanol–water partition coefficient (Wildman–Crippen LogP) is 4.36. The number of alkyl halides is 3. The molecule has 1 aliphatic heterocycles. The van der Waals surface area contributed by atoms with Crippen LogP contribution >= 0.6 is 11.3 Å². The minimum absolute atomic E-state index is 0.147. The fraction of sp³-hybridized carbons (Fsp3) is 0.474. The van der Waals surface area contributed by atoms with Crippen molar-refractivity contribution < 1.29 is 18.0 Å². The number of thiazole rings is 1. The van der Waals surface area contributed by atoms with Gasteiger partial charge in [-0.05, 0) is 39.2 Å². The largest absolute Gasteiger partial charge is 0.433 e. The second kappa shape index (κ2) is 7.08. The van der Waals surface area contributed by atoms with Gasteiger partial charge in [0, 0.05) is 18.3 Å². The monoisotopic (exact) mass is 423 g/mol. The lowest BCUT2D eigenvalue weighted by Crippen LogP contribution is -2.30. The van der Waals surface area contributed by atoms with E-state index in [0.717, 1.165) is 22.0 Å². The molecule has 0 spiro atoms. The predicted molar refractivity (Wildman–Crippen MR) is 102 cm³/mol. The number of hydrogen-bond donors (Lipinski definition) is 0. The molecule has 1 amide bonds. The fourth-order valence-corrected chi connectivity index (χ4v) is 4.64. The number of aromatic nitrogens is 4. The molecule has 10 heteroatoms. The van der Waals surface area contributed by atoms with Gasteiger partial charge in [-0.1, -0.05) is 6.92 Å². The number of halogens is 3. The van der Waals surface area contributed by atoms with Crippen molar-refractivity contribution in [1.29, 1.82) is 0 Å². The molecular formula is C19H20F3N5OS. The molecule has 0 saturated carbocycles. The summed E-state index contributed by atoms with van der Waals surface area (Å²) in [6.07, 6.45) is -2.75. The summed E-state index contributed by atoms with van der Waals surface area (Å²) in [7, 11) is 0. The highest BCUT2D eigenvalue weighted by Crippen LogP contribution is 2.36. The zero-order chi connectivity index (χ0) is 20.9. The molecule has 154 valence electrons. The summed E-state index contributed by atoms with van der Waals surface area (Å²) in [5.74, 6) is -0.147. The van der Waals surface area contributed by atoms with Gasteiger partial charge < -0.3 is 4.90 Å². The lowest BCUT2D eigenvalue weighted by Gasteiger charge is -2.22. The van der Waals surface area contributed by atoms with E-state index in [1.807, 2.05) is 6.92 Å².